The summed E-state index contributed by atoms with van der Waals surface area (Å²) in [6, 6.07) is 8.09. The maximum Gasteiger partial charge on any atom is 0.221 e. The van der Waals surface area contributed by atoms with Crippen molar-refractivity contribution in [2.45, 2.75) is 37.6 Å². The molecule has 0 saturated carbocycles. The molecule has 1 N–H and O–H groups in total. The van der Waals surface area contributed by atoms with Crippen molar-refractivity contribution in [1.82, 2.24) is 5.32 Å². The van der Waals surface area contributed by atoms with Crippen LogP contribution < -0.4 is 10.1 Å². The molecule has 3 rings (SSSR count). The number of amides is 1. The Hall–Kier alpha value is -1.51. The number of carbonyl (C=O) groups excluding carboxylic acids is 1. The summed E-state index contributed by atoms with van der Waals surface area (Å²) in [4.78, 5) is 11.8. The van der Waals surface area contributed by atoms with E-state index in [1.807, 2.05) is 18.2 Å². The highest BCUT2D eigenvalue weighted by molar-refractivity contribution is 5.83. The molecule has 1 amide bonds. The molecule has 1 atom stereocenters. The van der Waals surface area contributed by atoms with E-state index in [2.05, 4.69) is 25.2 Å². The number of benzene rings is 1. The normalized spacial score (nSPS) is 29.6. The first-order chi connectivity index (χ1) is 8.05. The lowest BCUT2D eigenvalue weighted by Crippen LogP contribution is -2.52. The van der Waals surface area contributed by atoms with Gasteiger partial charge in [-0.3, -0.25) is 4.79 Å². The van der Waals surface area contributed by atoms with Crippen molar-refractivity contribution in [2.75, 3.05) is 6.61 Å². The van der Waals surface area contributed by atoms with Crippen molar-refractivity contribution >= 4 is 5.91 Å². The Morgan fingerprint density at radius 2 is 2.06 bits per heavy atom. The van der Waals surface area contributed by atoms with Gasteiger partial charge in [-0.25, -0.2) is 0 Å². The average molecular weight is 231 g/mol. The third-order valence-corrected chi connectivity index (χ3v) is 4.30. The molecule has 1 unspecified atom stereocenters. The predicted molar refractivity (Wildman–Crippen MR) is 65.1 cm³/mol. The minimum atomic E-state index is -0.204. The molecule has 1 aromatic carbocycles. The molecule has 2 aliphatic heterocycles. The van der Waals surface area contributed by atoms with Crippen molar-refractivity contribution in [2.24, 2.45) is 0 Å². The van der Waals surface area contributed by atoms with Gasteiger partial charge in [-0.05, 0) is 26.3 Å². The summed E-state index contributed by atoms with van der Waals surface area (Å²) in [5.41, 5.74) is 0.859. The zero-order valence-electron chi connectivity index (χ0n) is 10.2. The fourth-order valence-electron chi connectivity index (χ4n) is 3.30. The van der Waals surface area contributed by atoms with Gasteiger partial charge in [-0.1, -0.05) is 18.2 Å². The Kier molecular flexibility index (Phi) is 2.03. The third kappa shape index (κ3) is 1.31. The van der Waals surface area contributed by atoms with Crippen LogP contribution in [0.3, 0.4) is 0 Å². The van der Waals surface area contributed by atoms with E-state index in [1.165, 1.54) is 5.56 Å². The smallest absolute Gasteiger partial charge is 0.221 e. The monoisotopic (exact) mass is 231 g/mol. The summed E-state index contributed by atoms with van der Waals surface area (Å²) in [5.74, 6) is 1.08. The molecule has 1 saturated heterocycles. The molecule has 2 heterocycles. The summed E-state index contributed by atoms with van der Waals surface area (Å²) < 4.78 is 5.70. The molecule has 3 nitrogen and oxygen atoms in total. The fourth-order valence-corrected chi connectivity index (χ4v) is 3.30. The molecule has 1 spiro atoms. The minimum absolute atomic E-state index is 0.112. The number of fused-ring (bicyclic) bond motifs is 2. The van der Waals surface area contributed by atoms with Gasteiger partial charge in [-0.2, -0.15) is 0 Å². The Bertz CT molecular complexity index is 481. The maximum atomic E-state index is 11.8. The van der Waals surface area contributed by atoms with Crippen LogP contribution in [-0.4, -0.2) is 18.1 Å². The Morgan fingerprint density at radius 3 is 2.76 bits per heavy atom. The predicted octanol–water partition coefficient (Wildman–Crippen LogP) is 2.01. The molecule has 0 aromatic heterocycles. The number of nitrogens with one attached hydrogen (secondary N) is 1. The first-order valence-corrected chi connectivity index (χ1v) is 6.08. The second-order valence-corrected chi connectivity index (χ2v) is 5.53. The van der Waals surface area contributed by atoms with E-state index < -0.39 is 0 Å². The molecule has 17 heavy (non-hydrogen) atoms. The Morgan fingerprint density at radius 1 is 1.29 bits per heavy atom. The molecular formula is C14H17NO2. The van der Waals surface area contributed by atoms with E-state index in [-0.39, 0.29) is 16.9 Å². The molecular weight excluding hydrogens is 214 g/mol. The second kappa shape index (κ2) is 3.25. The summed E-state index contributed by atoms with van der Waals surface area (Å²) >= 11 is 0. The summed E-state index contributed by atoms with van der Waals surface area (Å²) in [7, 11) is 0. The number of rotatable bonds is 0. The highest BCUT2D eigenvalue weighted by Gasteiger charge is 2.55. The van der Waals surface area contributed by atoms with Gasteiger partial charge < -0.3 is 10.1 Å². The third-order valence-electron chi connectivity index (χ3n) is 4.30. The van der Waals surface area contributed by atoms with Gasteiger partial charge in [0.25, 0.3) is 0 Å². The standard InChI is InChI=1S/C14H17NO2/c1-13(2)14(9-12(16)15-13)7-8-17-11-6-4-3-5-10(11)14/h3-6H,7-9H2,1-2H3,(H,15,16). The highest BCUT2D eigenvalue weighted by Crippen LogP contribution is 2.50. The van der Waals surface area contributed by atoms with E-state index >= 15 is 0 Å². The van der Waals surface area contributed by atoms with Crippen LogP contribution in [0, 0.1) is 0 Å². The van der Waals surface area contributed by atoms with Gasteiger partial charge in [0.15, 0.2) is 0 Å². The maximum absolute atomic E-state index is 11.8. The van der Waals surface area contributed by atoms with Crippen LogP contribution in [0.25, 0.3) is 0 Å². The Balaban J connectivity index is 2.19. The van der Waals surface area contributed by atoms with Crippen LogP contribution in [0.2, 0.25) is 0 Å². The van der Waals surface area contributed by atoms with E-state index in [0.717, 1.165) is 12.2 Å². The lowest BCUT2D eigenvalue weighted by atomic mass is 9.64. The van der Waals surface area contributed by atoms with Gasteiger partial charge in [-0.15, -0.1) is 0 Å². The quantitative estimate of drug-likeness (QED) is 0.741. The number of hydrogen-bond donors (Lipinski definition) is 1. The zero-order chi connectivity index (χ0) is 12.1. The number of ether oxygens (including phenoxy) is 1. The molecule has 3 heteroatoms. The van der Waals surface area contributed by atoms with Crippen molar-refractivity contribution in [1.29, 1.82) is 0 Å². The van der Waals surface area contributed by atoms with Crippen LogP contribution in [0.15, 0.2) is 24.3 Å². The van der Waals surface area contributed by atoms with Crippen LogP contribution in [-0.2, 0) is 10.2 Å². The molecule has 1 fully saturated rings. The van der Waals surface area contributed by atoms with Gasteiger partial charge >= 0.3 is 0 Å². The van der Waals surface area contributed by atoms with Gasteiger partial charge in [0.2, 0.25) is 5.91 Å². The van der Waals surface area contributed by atoms with Gasteiger partial charge in [0.1, 0.15) is 5.75 Å². The van der Waals surface area contributed by atoms with Gasteiger partial charge in [0.05, 0.1) is 6.61 Å². The summed E-state index contributed by atoms with van der Waals surface area (Å²) in [5, 5.41) is 3.10. The molecule has 1 aromatic rings. The second-order valence-electron chi connectivity index (χ2n) is 5.53. The van der Waals surface area contributed by atoms with E-state index in [4.69, 9.17) is 4.74 Å². The van der Waals surface area contributed by atoms with Crippen molar-refractivity contribution < 1.29 is 9.53 Å². The van der Waals surface area contributed by atoms with Crippen molar-refractivity contribution in [3.05, 3.63) is 29.8 Å². The number of hydrogen-bond acceptors (Lipinski definition) is 2. The average Bonchev–Trinajstić information content (AvgIpc) is 2.50. The highest BCUT2D eigenvalue weighted by atomic mass is 16.5. The molecule has 0 radical (unpaired) electrons. The molecule has 0 bridgehead atoms. The van der Waals surface area contributed by atoms with Crippen LogP contribution in [0.5, 0.6) is 5.75 Å². The first kappa shape index (κ1) is 10.6. The van der Waals surface area contributed by atoms with Crippen LogP contribution >= 0.6 is 0 Å². The SMILES string of the molecule is CC1(C)NC(=O)CC12CCOc1ccccc12. The number of para-hydroxylation sites is 1. The largest absolute Gasteiger partial charge is 0.493 e. The topological polar surface area (TPSA) is 38.3 Å². The summed E-state index contributed by atoms with van der Waals surface area (Å²) in [6.07, 6.45) is 1.47. The lowest BCUT2D eigenvalue weighted by Gasteiger charge is -2.44. The molecule has 2 aliphatic rings. The van der Waals surface area contributed by atoms with Gasteiger partial charge in [0, 0.05) is 22.9 Å². The fraction of sp³-hybridized carbons (Fsp3) is 0.500. The van der Waals surface area contributed by atoms with Crippen molar-refractivity contribution in [3.8, 4) is 5.75 Å². The Labute approximate surface area is 101 Å². The van der Waals surface area contributed by atoms with Crippen LogP contribution in [0.4, 0.5) is 0 Å². The minimum Gasteiger partial charge on any atom is -0.493 e. The molecule has 90 valence electrons. The zero-order valence-corrected chi connectivity index (χ0v) is 10.2. The molecule has 0 aliphatic carbocycles. The van der Waals surface area contributed by atoms with E-state index in [1.54, 1.807) is 0 Å². The first-order valence-electron chi connectivity index (χ1n) is 6.08. The lowest BCUT2D eigenvalue weighted by molar-refractivity contribution is -0.119. The number of carbonyl (C=O) groups is 1. The van der Waals surface area contributed by atoms with Crippen molar-refractivity contribution in [3.63, 3.8) is 0 Å². The van der Waals surface area contributed by atoms with E-state index in [0.29, 0.717) is 13.0 Å². The van der Waals surface area contributed by atoms with E-state index in [9.17, 15) is 4.79 Å². The van der Waals surface area contributed by atoms with Crippen LogP contribution in [0.1, 0.15) is 32.3 Å². The summed E-state index contributed by atoms with van der Waals surface area (Å²) in [6.45, 7) is 4.91.